The highest BCUT2D eigenvalue weighted by Gasteiger charge is 2.24. The third-order valence-electron chi connectivity index (χ3n) is 5.15. The minimum Gasteiger partial charge on any atom is -0.451 e. The van der Waals surface area contributed by atoms with Crippen molar-refractivity contribution in [2.45, 2.75) is 6.92 Å². The molecule has 0 aliphatic heterocycles. The normalized spacial score (nSPS) is 10.6. The number of pyridine rings is 1. The summed E-state index contributed by atoms with van der Waals surface area (Å²) in [7, 11) is 1.24. The molecule has 0 aliphatic rings. The number of anilines is 1. The quantitative estimate of drug-likeness (QED) is 0.497. The molecule has 0 atom stereocenters. The number of carbonyl (C=O) groups is 2. The molecule has 0 spiro atoms. The van der Waals surface area contributed by atoms with E-state index in [0.29, 0.717) is 27.8 Å². The van der Waals surface area contributed by atoms with E-state index in [1.807, 2.05) is 18.2 Å². The monoisotopic (exact) mass is 427 g/mol. The number of benzene rings is 3. The average Bonchev–Trinajstić information content (AvgIpc) is 2.83. The Morgan fingerprint density at radius 2 is 1.41 bits per heavy atom. The summed E-state index contributed by atoms with van der Waals surface area (Å²) in [4.78, 5) is 39.2. The molecular weight excluding hydrogens is 406 g/mol. The molecular formula is C25H21N3O4. The van der Waals surface area contributed by atoms with Crippen LogP contribution in [0.5, 0.6) is 0 Å². The zero-order valence-electron chi connectivity index (χ0n) is 17.6. The van der Waals surface area contributed by atoms with Crippen LogP contribution in [0, 0.1) is 6.92 Å². The molecule has 7 heteroatoms. The average molecular weight is 427 g/mol. The number of ether oxygens (including phenoxy) is 1. The van der Waals surface area contributed by atoms with Gasteiger partial charge < -0.3 is 4.74 Å². The van der Waals surface area contributed by atoms with E-state index in [4.69, 9.17) is 4.74 Å². The van der Waals surface area contributed by atoms with Crippen molar-refractivity contribution in [2.75, 3.05) is 12.1 Å². The largest absolute Gasteiger partial charge is 0.451 e. The van der Waals surface area contributed by atoms with Crippen LogP contribution in [0.2, 0.25) is 0 Å². The van der Waals surface area contributed by atoms with Crippen molar-refractivity contribution in [3.63, 3.8) is 0 Å². The van der Waals surface area contributed by atoms with Gasteiger partial charge in [0.15, 0.2) is 0 Å². The summed E-state index contributed by atoms with van der Waals surface area (Å²) in [6.45, 7) is 1.71. The molecule has 0 bridgehead atoms. The van der Waals surface area contributed by atoms with Crippen LogP contribution in [0.15, 0.2) is 89.7 Å². The van der Waals surface area contributed by atoms with Gasteiger partial charge in [-0.05, 0) is 37.3 Å². The van der Waals surface area contributed by atoms with Crippen molar-refractivity contribution in [1.82, 2.24) is 9.99 Å². The van der Waals surface area contributed by atoms with Crippen LogP contribution in [0.4, 0.5) is 10.5 Å². The number of aromatic nitrogens is 1. The van der Waals surface area contributed by atoms with Gasteiger partial charge >= 0.3 is 6.09 Å². The second-order valence-electron chi connectivity index (χ2n) is 7.06. The van der Waals surface area contributed by atoms with Crippen molar-refractivity contribution < 1.29 is 14.3 Å². The van der Waals surface area contributed by atoms with Crippen LogP contribution in [0.3, 0.4) is 0 Å². The van der Waals surface area contributed by atoms with Gasteiger partial charge in [-0.25, -0.2) is 4.79 Å². The van der Waals surface area contributed by atoms with E-state index in [2.05, 4.69) is 5.43 Å². The maximum atomic E-state index is 13.5. The Morgan fingerprint density at radius 3 is 2.03 bits per heavy atom. The number of hydrazine groups is 1. The number of carbonyl (C=O) groups excluding carboxylic acids is 2. The molecule has 1 heterocycles. The van der Waals surface area contributed by atoms with E-state index in [-0.39, 0.29) is 11.1 Å². The first-order valence-electron chi connectivity index (χ1n) is 9.97. The number of hydrogen-bond acceptors (Lipinski definition) is 4. The fourth-order valence-electron chi connectivity index (χ4n) is 3.68. The van der Waals surface area contributed by atoms with Gasteiger partial charge in [-0.15, -0.1) is 0 Å². The van der Waals surface area contributed by atoms with E-state index in [9.17, 15) is 14.4 Å². The molecule has 2 amide bonds. The summed E-state index contributed by atoms with van der Waals surface area (Å²) in [6.07, 6.45) is -0.747. The molecule has 1 aromatic heterocycles. The highest BCUT2D eigenvalue weighted by atomic mass is 16.5. The van der Waals surface area contributed by atoms with Crippen LogP contribution in [-0.4, -0.2) is 23.7 Å². The minimum atomic E-state index is -0.747. The van der Waals surface area contributed by atoms with Crippen molar-refractivity contribution in [2.24, 2.45) is 0 Å². The highest BCUT2D eigenvalue weighted by Crippen LogP contribution is 2.23. The number of nitrogens with zero attached hydrogens (tertiary/aromatic N) is 2. The second kappa shape index (κ2) is 8.77. The first-order valence-corrected chi connectivity index (χ1v) is 9.97. The summed E-state index contributed by atoms with van der Waals surface area (Å²) in [5.41, 5.74) is 4.23. The SMILES string of the molecule is COC(=O)N(NC(=O)c1c(C)n(-c2ccccc2)c(=O)c2ccccc12)c1ccccc1. The molecule has 0 aliphatic carbocycles. The maximum Gasteiger partial charge on any atom is 0.433 e. The molecule has 3 aromatic carbocycles. The van der Waals surface area contributed by atoms with Crippen LogP contribution in [-0.2, 0) is 4.74 Å². The van der Waals surface area contributed by atoms with Crippen LogP contribution in [0.1, 0.15) is 16.1 Å². The second-order valence-corrected chi connectivity index (χ2v) is 7.06. The van der Waals surface area contributed by atoms with Crippen molar-refractivity contribution in [1.29, 1.82) is 0 Å². The van der Waals surface area contributed by atoms with Gasteiger partial charge in [-0.1, -0.05) is 54.6 Å². The first-order chi connectivity index (χ1) is 15.5. The topological polar surface area (TPSA) is 80.6 Å². The Bertz CT molecular complexity index is 1350. The summed E-state index contributed by atoms with van der Waals surface area (Å²) >= 11 is 0. The fourth-order valence-corrected chi connectivity index (χ4v) is 3.68. The zero-order valence-corrected chi connectivity index (χ0v) is 17.6. The van der Waals surface area contributed by atoms with E-state index in [1.165, 1.54) is 11.7 Å². The molecule has 160 valence electrons. The number of nitrogens with one attached hydrogen (secondary N) is 1. The highest BCUT2D eigenvalue weighted by molar-refractivity contribution is 6.09. The molecule has 0 saturated carbocycles. The third kappa shape index (κ3) is 3.72. The molecule has 4 rings (SSSR count). The van der Waals surface area contributed by atoms with E-state index in [0.717, 1.165) is 5.01 Å². The number of fused-ring (bicyclic) bond motifs is 1. The molecule has 0 saturated heterocycles. The lowest BCUT2D eigenvalue weighted by Gasteiger charge is -2.23. The van der Waals surface area contributed by atoms with E-state index < -0.39 is 12.0 Å². The van der Waals surface area contributed by atoms with Crippen LogP contribution < -0.4 is 16.0 Å². The lowest BCUT2D eigenvalue weighted by atomic mass is 10.0. The lowest BCUT2D eigenvalue weighted by molar-refractivity contribution is 0.0941. The van der Waals surface area contributed by atoms with Crippen LogP contribution in [0.25, 0.3) is 16.5 Å². The number of methoxy groups -OCH3 is 1. The number of hydrogen-bond donors (Lipinski definition) is 1. The van der Waals surface area contributed by atoms with Gasteiger partial charge in [0.2, 0.25) is 0 Å². The Kier molecular flexibility index (Phi) is 5.72. The number of rotatable bonds is 3. The Balaban J connectivity index is 1.89. The first kappa shape index (κ1) is 20.9. The predicted octanol–water partition coefficient (Wildman–Crippen LogP) is 4.22. The van der Waals surface area contributed by atoms with Crippen molar-refractivity contribution >= 4 is 28.5 Å². The Morgan fingerprint density at radius 1 is 0.844 bits per heavy atom. The smallest absolute Gasteiger partial charge is 0.433 e. The predicted molar refractivity (Wildman–Crippen MR) is 123 cm³/mol. The molecule has 4 aromatic rings. The number of para-hydroxylation sites is 2. The van der Waals surface area contributed by atoms with Crippen molar-refractivity contribution in [3.8, 4) is 5.69 Å². The van der Waals surface area contributed by atoms with Crippen molar-refractivity contribution in [3.05, 3.63) is 107 Å². The number of amides is 2. The van der Waals surface area contributed by atoms with Gasteiger partial charge in [0.05, 0.1) is 18.4 Å². The fraction of sp³-hybridized carbons (Fsp3) is 0.0800. The summed E-state index contributed by atoms with van der Waals surface area (Å²) in [5.74, 6) is -0.544. The van der Waals surface area contributed by atoms with E-state index in [1.54, 1.807) is 73.7 Å². The molecule has 1 N–H and O–H groups in total. The standard InChI is InChI=1S/C25H21N3O4/c1-17-22(23(29)26-28(25(31)32-2)19-13-7-4-8-14-19)20-15-9-10-16-21(20)24(30)27(17)18-11-5-3-6-12-18/h3-16H,1-2H3,(H,26,29). The van der Waals surface area contributed by atoms with Gasteiger partial charge in [0.25, 0.3) is 11.5 Å². The lowest BCUT2D eigenvalue weighted by Crippen LogP contribution is -2.47. The summed E-state index contributed by atoms with van der Waals surface area (Å²) < 4.78 is 6.35. The zero-order chi connectivity index (χ0) is 22.7. The third-order valence-corrected chi connectivity index (χ3v) is 5.15. The summed E-state index contributed by atoms with van der Waals surface area (Å²) in [6, 6.07) is 24.7. The molecule has 0 fully saturated rings. The van der Waals surface area contributed by atoms with Gasteiger partial charge in [0, 0.05) is 22.2 Å². The van der Waals surface area contributed by atoms with E-state index >= 15 is 0 Å². The Hall–Kier alpha value is -4.39. The molecule has 32 heavy (non-hydrogen) atoms. The van der Waals surface area contributed by atoms with Crippen LogP contribution >= 0.6 is 0 Å². The molecule has 7 nitrogen and oxygen atoms in total. The van der Waals surface area contributed by atoms with Gasteiger partial charge in [-0.3, -0.25) is 19.6 Å². The minimum absolute atomic E-state index is 0.228. The summed E-state index contributed by atoms with van der Waals surface area (Å²) in [5, 5.41) is 1.93. The van der Waals surface area contributed by atoms with Gasteiger partial charge in [0.1, 0.15) is 0 Å². The maximum absolute atomic E-state index is 13.5. The molecule has 0 unspecified atom stereocenters. The van der Waals surface area contributed by atoms with Gasteiger partial charge in [-0.2, -0.15) is 5.01 Å². The Labute approximate surface area is 184 Å². The molecule has 0 radical (unpaired) electrons.